The number of nitrogens with zero attached hydrogens (tertiary/aromatic N) is 8. The maximum atomic E-state index is 13.0. The Bertz CT molecular complexity index is 1080. The number of hydrogen-bond donors (Lipinski definition) is 0. The number of sulfonamides is 1. The zero-order valence-corrected chi connectivity index (χ0v) is 17.5. The fourth-order valence-corrected chi connectivity index (χ4v) is 4.86. The Labute approximate surface area is 169 Å². The van der Waals surface area contributed by atoms with Gasteiger partial charge in [-0.25, -0.2) is 28.4 Å². The Hall–Kier alpha value is -2.79. The van der Waals surface area contributed by atoms with E-state index in [4.69, 9.17) is 0 Å². The zero-order chi connectivity index (χ0) is 20.6. The first kappa shape index (κ1) is 19.5. The molecule has 4 rings (SSSR count). The minimum atomic E-state index is -3.62. The van der Waals surface area contributed by atoms with E-state index in [9.17, 15) is 8.42 Å². The Kier molecular flexibility index (Phi) is 5.09. The van der Waals surface area contributed by atoms with Gasteiger partial charge in [-0.1, -0.05) is 13.8 Å². The van der Waals surface area contributed by atoms with Crippen LogP contribution in [0.4, 0.5) is 5.82 Å². The lowest BCUT2D eigenvalue weighted by atomic mass is 10.2. The summed E-state index contributed by atoms with van der Waals surface area (Å²) >= 11 is 0. The number of aryl methyl sites for hydroxylation is 1. The van der Waals surface area contributed by atoms with Gasteiger partial charge in [-0.15, -0.1) is 0 Å². The Balaban J connectivity index is 1.48. The van der Waals surface area contributed by atoms with Gasteiger partial charge in [0.1, 0.15) is 30.1 Å². The van der Waals surface area contributed by atoms with Crippen LogP contribution in [0.2, 0.25) is 0 Å². The van der Waals surface area contributed by atoms with Gasteiger partial charge in [-0.05, 0) is 0 Å². The largest absolute Gasteiger partial charge is 0.354 e. The van der Waals surface area contributed by atoms with E-state index in [2.05, 4.69) is 24.8 Å². The summed E-state index contributed by atoms with van der Waals surface area (Å²) in [6.07, 6.45) is 8.28. The van der Waals surface area contributed by atoms with E-state index < -0.39 is 10.0 Å². The highest BCUT2D eigenvalue weighted by atomic mass is 32.2. The number of piperazine rings is 1. The van der Waals surface area contributed by atoms with Crippen LogP contribution in [0.5, 0.6) is 0 Å². The van der Waals surface area contributed by atoms with Gasteiger partial charge in [0.05, 0.1) is 0 Å². The summed E-state index contributed by atoms with van der Waals surface area (Å²) in [6, 6.07) is 1.87. The number of hydrogen-bond acceptors (Lipinski definition) is 7. The van der Waals surface area contributed by atoms with E-state index in [1.54, 1.807) is 27.9 Å². The van der Waals surface area contributed by atoms with Crippen molar-refractivity contribution in [3.63, 3.8) is 0 Å². The molecule has 0 aromatic carbocycles. The maximum absolute atomic E-state index is 13.0. The molecule has 1 aliphatic heterocycles. The van der Waals surface area contributed by atoms with Crippen molar-refractivity contribution in [3.05, 3.63) is 43.1 Å². The predicted octanol–water partition coefficient (Wildman–Crippen LogP) is 1.03. The molecule has 29 heavy (non-hydrogen) atoms. The third-order valence-corrected chi connectivity index (χ3v) is 6.75. The van der Waals surface area contributed by atoms with Gasteiger partial charge < -0.3 is 9.47 Å². The summed E-state index contributed by atoms with van der Waals surface area (Å²) in [6.45, 7) is 5.84. The lowest BCUT2D eigenvalue weighted by Crippen LogP contribution is -2.49. The molecule has 4 heterocycles. The zero-order valence-electron chi connectivity index (χ0n) is 16.7. The predicted molar refractivity (Wildman–Crippen MR) is 107 cm³/mol. The van der Waals surface area contributed by atoms with Crippen molar-refractivity contribution in [2.45, 2.75) is 24.8 Å². The van der Waals surface area contributed by atoms with Crippen molar-refractivity contribution < 1.29 is 8.42 Å². The molecule has 10 nitrogen and oxygen atoms in total. The molecule has 1 saturated heterocycles. The lowest BCUT2D eigenvalue weighted by molar-refractivity contribution is 0.382. The first-order valence-electron chi connectivity index (χ1n) is 9.45. The summed E-state index contributed by atoms with van der Waals surface area (Å²) in [7, 11) is -1.79. The van der Waals surface area contributed by atoms with Crippen LogP contribution in [-0.4, -0.2) is 68.0 Å². The summed E-state index contributed by atoms with van der Waals surface area (Å²) < 4.78 is 31.1. The third kappa shape index (κ3) is 3.75. The second-order valence-electron chi connectivity index (χ2n) is 7.30. The summed E-state index contributed by atoms with van der Waals surface area (Å²) in [5.74, 6) is 2.40. The average molecular weight is 417 g/mol. The van der Waals surface area contributed by atoms with Crippen LogP contribution >= 0.6 is 0 Å². The van der Waals surface area contributed by atoms with Crippen LogP contribution in [-0.2, 0) is 17.1 Å². The molecule has 0 bridgehead atoms. The first-order chi connectivity index (χ1) is 13.9. The standard InChI is InChI=1S/C18H24N8O2S/c1-14(2)18-22-17(11-23(18)3)29(27,28)26-8-6-24(7-9-26)15-10-16(21-12-20-15)25-5-4-19-13-25/h4-5,10-14H,6-9H2,1-3H3. The molecule has 0 atom stereocenters. The molecule has 0 unspecified atom stereocenters. The Morgan fingerprint density at radius 3 is 2.41 bits per heavy atom. The molecule has 1 fully saturated rings. The lowest BCUT2D eigenvalue weighted by Gasteiger charge is -2.34. The van der Waals surface area contributed by atoms with E-state index in [1.165, 1.54) is 10.6 Å². The molecule has 3 aromatic rings. The average Bonchev–Trinajstić information content (AvgIpc) is 3.38. The highest BCUT2D eigenvalue weighted by molar-refractivity contribution is 7.89. The van der Waals surface area contributed by atoms with Crippen LogP contribution in [0, 0.1) is 0 Å². The molecule has 0 radical (unpaired) electrons. The Morgan fingerprint density at radius 2 is 1.79 bits per heavy atom. The molecule has 3 aromatic heterocycles. The van der Waals surface area contributed by atoms with Crippen molar-refractivity contribution in [1.82, 2.24) is 33.4 Å². The van der Waals surface area contributed by atoms with Gasteiger partial charge in [0.25, 0.3) is 10.0 Å². The van der Waals surface area contributed by atoms with Crippen LogP contribution in [0.3, 0.4) is 0 Å². The van der Waals surface area contributed by atoms with Crippen molar-refractivity contribution in [1.29, 1.82) is 0 Å². The second-order valence-corrected chi connectivity index (χ2v) is 9.18. The highest BCUT2D eigenvalue weighted by Gasteiger charge is 2.31. The molecular formula is C18H24N8O2S. The smallest absolute Gasteiger partial charge is 0.262 e. The van der Waals surface area contributed by atoms with Crippen molar-refractivity contribution in [3.8, 4) is 5.82 Å². The first-order valence-corrected chi connectivity index (χ1v) is 10.9. The number of aromatic nitrogens is 6. The topological polar surface area (TPSA) is 102 Å². The van der Waals surface area contributed by atoms with E-state index in [-0.39, 0.29) is 10.9 Å². The molecule has 0 saturated carbocycles. The van der Waals surface area contributed by atoms with Crippen LogP contribution in [0.1, 0.15) is 25.6 Å². The fraction of sp³-hybridized carbons (Fsp3) is 0.444. The molecule has 154 valence electrons. The van der Waals surface area contributed by atoms with Gasteiger partial charge in [-0.3, -0.25) is 4.57 Å². The van der Waals surface area contributed by atoms with E-state index in [0.29, 0.717) is 26.2 Å². The minimum Gasteiger partial charge on any atom is -0.354 e. The van der Waals surface area contributed by atoms with E-state index in [1.807, 2.05) is 33.2 Å². The molecule has 0 spiro atoms. The van der Waals surface area contributed by atoms with Crippen LogP contribution < -0.4 is 4.90 Å². The van der Waals surface area contributed by atoms with Gasteiger partial charge in [0, 0.05) is 63.8 Å². The number of anilines is 1. The second kappa shape index (κ2) is 7.56. The molecular weight excluding hydrogens is 392 g/mol. The third-order valence-electron chi connectivity index (χ3n) is 4.98. The SMILES string of the molecule is CC(C)c1nc(S(=O)(=O)N2CCN(c3cc(-n4ccnc4)ncn3)CC2)cn1C. The molecule has 1 aliphatic rings. The minimum absolute atomic E-state index is 0.113. The number of rotatable bonds is 5. The monoisotopic (exact) mass is 416 g/mol. The summed E-state index contributed by atoms with van der Waals surface area (Å²) in [4.78, 5) is 19.1. The fourth-order valence-electron chi connectivity index (χ4n) is 3.45. The van der Waals surface area contributed by atoms with Gasteiger partial charge in [0.2, 0.25) is 0 Å². The number of imidazole rings is 2. The van der Waals surface area contributed by atoms with Gasteiger partial charge in [0.15, 0.2) is 5.03 Å². The quantitative estimate of drug-likeness (QED) is 0.612. The van der Waals surface area contributed by atoms with Crippen LogP contribution in [0.15, 0.2) is 42.3 Å². The normalized spacial score (nSPS) is 15.9. The van der Waals surface area contributed by atoms with Crippen molar-refractivity contribution in [2.24, 2.45) is 7.05 Å². The van der Waals surface area contributed by atoms with Gasteiger partial charge >= 0.3 is 0 Å². The molecule has 0 amide bonds. The van der Waals surface area contributed by atoms with E-state index in [0.717, 1.165) is 17.5 Å². The van der Waals surface area contributed by atoms with Crippen molar-refractivity contribution in [2.75, 3.05) is 31.1 Å². The summed E-state index contributed by atoms with van der Waals surface area (Å²) in [5, 5.41) is 0.113. The van der Waals surface area contributed by atoms with E-state index >= 15 is 0 Å². The highest BCUT2D eigenvalue weighted by Crippen LogP contribution is 2.22. The van der Waals surface area contributed by atoms with Crippen LogP contribution in [0.25, 0.3) is 5.82 Å². The Morgan fingerprint density at radius 1 is 1.07 bits per heavy atom. The molecule has 0 aliphatic carbocycles. The van der Waals surface area contributed by atoms with Crippen molar-refractivity contribution >= 4 is 15.8 Å². The summed E-state index contributed by atoms with van der Waals surface area (Å²) in [5.41, 5.74) is 0. The maximum Gasteiger partial charge on any atom is 0.262 e. The molecule has 11 heteroatoms. The molecule has 0 N–H and O–H groups in total. The van der Waals surface area contributed by atoms with Gasteiger partial charge in [-0.2, -0.15) is 4.31 Å².